The van der Waals surface area contributed by atoms with Crippen LogP contribution in [0.25, 0.3) is 0 Å². The number of nitrogens with zero attached hydrogens (tertiary/aromatic N) is 3. The lowest BCUT2D eigenvalue weighted by Crippen LogP contribution is -2.51. The highest BCUT2D eigenvalue weighted by molar-refractivity contribution is 7.89. The first-order chi connectivity index (χ1) is 14.2. The van der Waals surface area contributed by atoms with Crippen LogP contribution >= 0.6 is 23.2 Å². The molecule has 0 spiro atoms. The van der Waals surface area contributed by atoms with Crippen LogP contribution in [0.1, 0.15) is 0 Å². The number of piperazine rings is 1. The van der Waals surface area contributed by atoms with Crippen molar-refractivity contribution in [3.05, 3.63) is 52.5 Å². The zero-order valence-electron chi connectivity index (χ0n) is 16.7. The van der Waals surface area contributed by atoms with Gasteiger partial charge in [0.15, 0.2) is 0 Å². The summed E-state index contributed by atoms with van der Waals surface area (Å²) < 4.78 is 31.8. The normalized spacial score (nSPS) is 14.8. The second kappa shape index (κ2) is 9.43. The molecule has 0 bridgehead atoms. The summed E-state index contributed by atoms with van der Waals surface area (Å²) in [6, 6.07) is 12.0. The summed E-state index contributed by atoms with van der Waals surface area (Å²) in [6.07, 6.45) is 0. The maximum absolute atomic E-state index is 12.8. The van der Waals surface area contributed by atoms with Gasteiger partial charge in [0.1, 0.15) is 10.6 Å². The summed E-state index contributed by atoms with van der Waals surface area (Å²) in [5.41, 5.74) is 1.05. The third kappa shape index (κ3) is 5.00. The topological polar surface area (TPSA) is 70.2 Å². The van der Waals surface area contributed by atoms with Crippen LogP contribution in [-0.2, 0) is 14.8 Å². The number of carbonyl (C=O) groups is 1. The highest BCUT2D eigenvalue weighted by Gasteiger charge is 2.29. The number of amides is 1. The lowest BCUT2D eigenvalue weighted by Gasteiger charge is -2.36. The standard InChI is InChI=1S/C20H23Cl2N3O4S/c1-23(30(27,28)19-13-15(21)3-8-18(19)22)14-20(26)25-11-9-24(10-12-25)16-4-6-17(29-2)7-5-16/h3-8,13H,9-12,14H2,1-2H3. The van der Waals surface area contributed by atoms with Crippen LogP contribution in [0.5, 0.6) is 5.75 Å². The monoisotopic (exact) mass is 471 g/mol. The first-order valence-electron chi connectivity index (χ1n) is 9.30. The number of halogens is 2. The second-order valence-corrected chi connectivity index (χ2v) is 9.76. The maximum atomic E-state index is 12.8. The van der Waals surface area contributed by atoms with E-state index in [-0.39, 0.29) is 27.4 Å². The van der Waals surface area contributed by atoms with E-state index in [0.29, 0.717) is 26.2 Å². The number of benzene rings is 2. The molecule has 3 rings (SSSR count). The number of ether oxygens (including phenoxy) is 1. The molecule has 1 heterocycles. The smallest absolute Gasteiger partial charge is 0.244 e. The average Bonchev–Trinajstić information content (AvgIpc) is 2.75. The highest BCUT2D eigenvalue weighted by Crippen LogP contribution is 2.27. The molecule has 1 aliphatic rings. The van der Waals surface area contributed by atoms with Crippen molar-refractivity contribution in [3.63, 3.8) is 0 Å². The molecule has 1 aliphatic heterocycles. The van der Waals surface area contributed by atoms with E-state index in [1.165, 1.54) is 25.2 Å². The number of anilines is 1. The van der Waals surface area contributed by atoms with Gasteiger partial charge in [-0.15, -0.1) is 0 Å². The Balaban J connectivity index is 1.60. The third-order valence-corrected chi connectivity index (χ3v) is 7.53. The number of sulfonamides is 1. The SMILES string of the molecule is COc1ccc(N2CCN(C(=O)CN(C)S(=O)(=O)c3cc(Cl)ccc3Cl)CC2)cc1. The van der Waals surface area contributed by atoms with Gasteiger partial charge in [-0.05, 0) is 42.5 Å². The van der Waals surface area contributed by atoms with Gasteiger partial charge in [-0.2, -0.15) is 4.31 Å². The number of hydrogen-bond acceptors (Lipinski definition) is 5. The Morgan fingerprint density at radius 2 is 1.70 bits per heavy atom. The van der Waals surface area contributed by atoms with Crippen molar-refractivity contribution in [2.24, 2.45) is 0 Å². The van der Waals surface area contributed by atoms with Crippen LogP contribution < -0.4 is 9.64 Å². The summed E-state index contributed by atoms with van der Waals surface area (Å²) in [5.74, 6) is 0.533. The molecule has 7 nitrogen and oxygen atoms in total. The lowest BCUT2D eigenvalue weighted by molar-refractivity contribution is -0.131. The van der Waals surface area contributed by atoms with Crippen molar-refractivity contribution >= 4 is 44.8 Å². The number of carbonyl (C=O) groups excluding carboxylic acids is 1. The molecule has 10 heteroatoms. The molecule has 0 N–H and O–H groups in total. The minimum absolute atomic E-state index is 0.0619. The van der Waals surface area contributed by atoms with Gasteiger partial charge in [-0.3, -0.25) is 4.79 Å². The largest absolute Gasteiger partial charge is 0.497 e. The van der Waals surface area contributed by atoms with Gasteiger partial charge >= 0.3 is 0 Å². The Morgan fingerprint density at radius 3 is 2.30 bits per heavy atom. The zero-order valence-corrected chi connectivity index (χ0v) is 19.0. The molecule has 0 atom stereocenters. The third-order valence-electron chi connectivity index (χ3n) is 5.01. The number of hydrogen-bond donors (Lipinski definition) is 0. The van der Waals surface area contributed by atoms with Crippen molar-refractivity contribution in [1.82, 2.24) is 9.21 Å². The lowest BCUT2D eigenvalue weighted by atomic mass is 10.2. The van der Waals surface area contributed by atoms with Crippen LogP contribution in [0.2, 0.25) is 10.0 Å². The van der Waals surface area contributed by atoms with Crippen LogP contribution in [0.15, 0.2) is 47.4 Å². The van der Waals surface area contributed by atoms with E-state index in [2.05, 4.69) is 4.90 Å². The quantitative estimate of drug-likeness (QED) is 0.647. The van der Waals surface area contributed by atoms with Crippen molar-refractivity contribution in [3.8, 4) is 5.75 Å². The predicted molar refractivity (Wildman–Crippen MR) is 118 cm³/mol. The van der Waals surface area contributed by atoms with Crippen molar-refractivity contribution in [2.75, 3.05) is 51.8 Å². The predicted octanol–water partition coefficient (Wildman–Crippen LogP) is 2.97. The molecule has 162 valence electrons. The maximum Gasteiger partial charge on any atom is 0.244 e. The second-order valence-electron chi connectivity index (χ2n) is 6.90. The minimum atomic E-state index is -3.94. The molecule has 30 heavy (non-hydrogen) atoms. The van der Waals surface area contributed by atoms with E-state index in [0.717, 1.165) is 15.7 Å². The average molecular weight is 472 g/mol. The Hall–Kier alpha value is -2.00. The Morgan fingerprint density at radius 1 is 1.07 bits per heavy atom. The van der Waals surface area contributed by atoms with E-state index in [1.807, 2.05) is 24.3 Å². The fraction of sp³-hybridized carbons (Fsp3) is 0.350. The van der Waals surface area contributed by atoms with Crippen LogP contribution in [0.3, 0.4) is 0 Å². The number of rotatable bonds is 6. The highest BCUT2D eigenvalue weighted by atomic mass is 35.5. The van der Waals surface area contributed by atoms with Gasteiger partial charge in [0, 0.05) is 43.9 Å². The van der Waals surface area contributed by atoms with E-state index >= 15 is 0 Å². The summed E-state index contributed by atoms with van der Waals surface area (Å²) in [5, 5.41) is 0.319. The Kier molecular flexibility index (Phi) is 7.13. The molecular formula is C20H23Cl2N3O4S. The summed E-state index contributed by atoms with van der Waals surface area (Å²) in [6.45, 7) is 2.07. The van der Waals surface area contributed by atoms with Crippen LogP contribution in [0, 0.1) is 0 Å². The van der Waals surface area contributed by atoms with E-state index in [4.69, 9.17) is 27.9 Å². The molecule has 1 saturated heterocycles. The Bertz CT molecular complexity index is 1010. The van der Waals surface area contributed by atoms with E-state index in [9.17, 15) is 13.2 Å². The zero-order chi connectivity index (χ0) is 21.9. The summed E-state index contributed by atoms with van der Waals surface area (Å²) >= 11 is 11.9. The van der Waals surface area contributed by atoms with E-state index < -0.39 is 10.0 Å². The Labute approximate surface area is 186 Å². The van der Waals surface area contributed by atoms with Gasteiger partial charge in [0.05, 0.1) is 18.7 Å². The van der Waals surface area contributed by atoms with Crippen LogP contribution in [-0.4, -0.2) is 70.4 Å². The minimum Gasteiger partial charge on any atom is -0.497 e. The molecular weight excluding hydrogens is 449 g/mol. The fourth-order valence-electron chi connectivity index (χ4n) is 3.23. The molecule has 0 aliphatic carbocycles. The molecule has 0 aromatic heterocycles. The first-order valence-corrected chi connectivity index (χ1v) is 11.5. The van der Waals surface area contributed by atoms with Crippen LogP contribution in [0.4, 0.5) is 5.69 Å². The van der Waals surface area contributed by atoms with Gasteiger partial charge < -0.3 is 14.5 Å². The molecule has 1 fully saturated rings. The molecule has 0 unspecified atom stereocenters. The fourth-order valence-corrected chi connectivity index (χ4v) is 5.08. The number of likely N-dealkylation sites (N-methyl/N-ethyl adjacent to an activating group) is 1. The van der Waals surface area contributed by atoms with Crippen molar-refractivity contribution in [1.29, 1.82) is 0 Å². The first kappa shape index (κ1) is 22.7. The van der Waals surface area contributed by atoms with Gasteiger partial charge in [0.25, 0.3) is 0 Å². The van der Waals surface area contributed by atoms with Gasteiger partial charge in [-0.1, -0.05) is 23.2 Å². The molecule has 1 amide bonds. The van der Waals surface area contributed by atoms with E-state index in [1.54, 1.807) is 12.0 Å². The molecule has 0 radical (unpaired) electrons. The van der Waals surface area contributed by atoms with Crippen molar-refractivity contribution < 1.29 is 17.9 Å². The van der Waals surface area contributed by atoms with Gasteiger partial charge in [0.2, 0.25) is 15.9 Å². The molecule has 0 saturated carbocycles. The van der Waals surface area contributed by atoms with Gasteiger partial charge in [-0.25, -0.2) is 8.42 Å². The summed E-state index contributed by atoms with van der Waals surface area (Å²) in [7, 11) is -0.958. The summed E-state index contributed by atoms with van der Waals surface area (Å²) in [4.78, 5) is 16.4. The number of methoxy groups -OCH3 is 1. The van der Waals surface area contributed by atoms with Crippen molar-refractivity contribution in [2.45, 2.75) is 4.90 Å². The molecule has 2 aromatic rings. The molecule has 2 aromatic carbocycles.